The Morgan fingerprint density at radius 2 is 1.82 bits per heavy atom. The molecule has 1 amide bonds. The van der Waals surface area contributed by atoms with Gasteiger partial charge in [0.05, 0.1) is 5.41 Å². The molecule has 0 atom stereocenters. The lowest BCUT2D eigenvalue weighted by Crippen LogP contribution is -2.50. The number of carbonyl (C=O) groups is 1. The van der Waals surface area contributed by atoms with Crippen LogP contribution in [0.3, 0.4) is 0 Å². The topological polar surface area (TPSA) is 64.4 Å². The molecule has 0 spiro atoms. The highest BCUT2D eigenvalue weighted by Crippen LogP contribution is 2.30. The summed E-state index contributed by atoms with van der Waals surface area (Å²) in [5.74, 6) is 0.630. The van der Waals surface area contributed by atoms with Gasteiger partial charge in [0, 0.05) is 26.3 Å². The van der Waals surface area contributed by atoms with Crippen LogP contribution in [0.15, 0.2) is 24.3 Å². The fourth-order valence-electron chi connectivity index (χ4n) is 3.50. The zero-order valence-electron chi connectivity index (χ0n) is 12.8. The van der Waals surface area contributed by atoms with Crippen molar-refractivity contribution in [3.63, 3.8) is 0 Å². The van der Waals surface area contributed by atoms with Gasteiger partial charge in [0.25, 0.3) is 0 Å². The summed E-state index contributed by atoms with van der Waals surface area (Å²) in [5.41, 5.74) is 8.32. The van der Waals surface area contributed by atoms with Crippen molar-refractivity contribution in [3.05, 3.63) is 35.4 Å². The molecule has 1 aromatic rings. The van der Waals surface area contributed by atoms with E-state index >= 15 is 0 Å². The second kappa shape index (κ2) is 7.44. The molecule has 2 aliphatic rings. The quantitative estimate of drug-likeness (QED) is 0.886. The van der Waals surface area contributed by atoms with Gasteiger partial charge in [0.1, 0.15) is 0 Å². The molecule has 5 heteroatoms. The number of rotatable bonds is 4. The summed E-state index contributed by atoms with van der Waals surface area (Å²) in [4.78, 5) is 12.5. The van der Waals surface area contributed by atoms with Crippen LogP contribution in [-0.4, -0.2) is 32.2 Å². The lowest BCUT2D eigenvalue weighted by atomic mass is 9.79. The molecular weight excluding hydrogens is 300 g/mol. The van der Waals surface area contributed by atoms with E-state index < -0.39 is 5.41 Å². The van der Waals surface area contributed by atoms with Crippen LogP contribution in [-0.2, 0) is 22.4 Å². The molecular formula is C17H25ClN2O2. The highest BCUT2D eigenvalue weighted by molar-refractivity contribution is 5.85. The van der Waals surface area contributed by atoms with Crippen molar-refractivity contribution in [2.24, 2.45) is 17.1 Å². The van der Waals surface area contributed by atoms with E-state index in [9.17, 15) is 4.79 Å². The average Bonchev–Trinajstić information content (AvgIpc) is 2.96. The number of fused-ring (bicyclic) bond motifs is 1. The normalized spacial score (nSPS) is 20.0. The number of hydrogen-bond donors (Lipinski definition) is 2. The Labute approximate surface area is 138 Å². The predicted octanol–water partition coefficient (Wildman–Crippen LogP) is 1.69. The third-order valence-electron chi connectivity index (χ3n) is 5.01. The first-order valence-corrected chi connectivity index (χ1v) is 7.86. The summed E-state index contributed by atoms with van der Waals surface area (Å²) in [6, 6.07) is 8.56. The number of halogens is 1. The summed E-state index contributed by atoms with van der Waals surface area (Å²) in [6.07, 6.45) is 3.60. The monoisotopic (exact) mass is 324 g/mol. The Morgan fingerprint density at radius 3 is 2.36 bits per heavy atom. The number of carbonyl (C=O) groups excluding carboxylic acids is 1. The van der Waals surface area contributed by atoms with Gasteiger partial charge in [-0.3, -0.25) is 4.79 Å². The van der Waals surface area contributed by atoms with Crippen molar-refractivity contribution < 1.29 is 9.53 Å². The maximum atomic E-state index is 12.5. The van der Waals surface area contributed by atoms with Crippen molar-refractivity contribution in [2.45, 2.75) is 25.7 Å². The van der Waals surface area contributed by atoms with Crippen LogP contribution in [0, 0.1) is 11.3 Å². The standard InChI is InChI=1S/C17H24N2O2.ClH/c18-12-17(5-7-21-8-6-17)16(20)19-11-13-9-14-3-1-2-4-15(14)10-13;/h1-4,13H,5-12,18H2,(H,19,20);1H. The minimum Gasteiger partial charge on any atom is -0.381 e. The number of nitrogens with one attached hydrogen (secondary N) is 1. The van der Waals surface area contributed by atoms with Gasteiger partial charge in [-0.15, -0.1) is 12.4 Å². The van der Waals surface area contributed by atoms with Crippen LogP contribution in [0.2, 0.25) is 0 Å². The van der Waals surface area contributed by atoms with Crippen molar-refractivity contribution in [1.29, 1.82) is 0 Å². The van der Waals surface area contributed by atoms with E-state index in [1.54, 1.807) is 0 Å². The molecule has 0 unspecified atom stereocenters. The van der Waals surface area contributed by atoms with Gasteiger partial charge in [0.2, 0.25) is 5.91 Å². The summed E-state index contributed by atoms with van der Waals surface area (Å²) >= 11 is 0. The minimum absolute atomic E-state index is 0. The van der Waals surface area contributed by atoms with E-state index in [4.69, 9.17) is 10.5 Å². The second-order valence-electron chi connectivity index (χ2n) is 6.35. The van der Waals surface area contributed by atoms with Gasteiger partial charge in [-0.25, -0.2) is 0 Å². The zero-order valence-corrected chi connectivity index (χ0v) is 13.7. The average molecular weight is 325 g/mol. The first-order valence-electron chi connectivity index (χ1n) is 7.86. The molecule has 0 saturated carbocycles. The lowest BCUT2D eigenvalue weighted by molar-refractivity contribution is -0.136. The molecule has 3 rings (SSSR count). The van der Waals surface area contributed by atoms with E-state index in [1.807, 2.05) is 0 Å². The molecule has 0 radical (unpaired) electrons. The van der Waals surface area contributed by atoms with E-state index in [-0.39, 0.29) is 18.3 Å². The number of nitrogens with two attached hydrogens (primary N) is 1. The smallest absolute Gasteiger partial charge is 0.227 e. The molecule has 1 aromatic carbocycles. The molecule has 0 aromatic heterocycles. The van der Waals surface area contributed by atoms with Crippen LogP contribution >= 0.6 is 12.4 Å². The van der Waals surface area contributed by atoms with E-state index in [2.05, 4.69) is 29.6 Å². The van der Waals surface area contributed by atoms with Gasteiger partial charge in [-0.2, -0.15) is 0 Å². The molecule has 1 aliphatic heterocycles. The van der Waals surface area contributed by atoms with E-state index in [0.717, 1.165) is 32.2 Å². The van der Waals surface area contributed by atoms with Crippen LogP contribution in [0.4, 0.5) is 0 Å². The number of ether oxygens (including phenoxy) is 1. The fraction of sp³-hybridized carbons (Fsp3) is 0.588. The Kier molecular flexibility index (Phi) is 5.84. The molecule has 122 valence electrons. The highest BCUT2D eigenvalue weighted by atomic mass is 35.5. The van der Waals surface area contributed by atoms with Gasteiger partial charge in [-0.05, 0) is 42.7 Å². The Hall–Kier alpha value is -1.10. The lowest BCUT2D eigenvalue weighted by Gasteiger charge is -2.34. The summed E-state index contributed by atoms with van der Waals surface area (Å²) < 4.78 is 5.36. The van der Waals surface area contributed by atoms with Crippen LogP contribution in [0.5, 0.6) is 0 Å². The first kappa shape index (κ1) is 17.3. The SMILES string of the molecule is Cl.NCC1(C(=O)NCC2Cc3ccccc3C2)CCOCC1. The first-order chi connectivity index (χ1) is 10.2. The van der Waals surface area contributed by atoms with Gasteiger partial charge in [-0.1, -0.05) is 24.3 Å². The maximum Gasteiger partial charge on any atom is 0.227 e. The van der Waals surface area contributed by atoms with Gasteiger partial charge >= 0.3 is 0 Å². The number of hydrogen-bond acceptors (Lipinski definition) is 3. The zero-order chi connectivity index (χ0) is 14.7. The number of benzene rings is 1. The van der Waals surface area contributed by atoms with Crippen LogP contribution < -0.4 is 11.1 Å². The predicted molar refractivity (Wildman–Crippen MR) is 89.1 cm³/mol. The maximum absolute atomic E-state index is 12.5. The molecule has 22 heavy (non-hydrogen) atoms. The Morgan fingerprint density at radius 1 is 1.23 bits per heavy atom. The van der Waals surface area contributed by atoms with Gasteiger partial charge in [0.15, 0.2) is 0 Å². The summed E-state index contributed by atoms with van der Waals surface area (Å²) in [6.45, 7) is 2.43. The fourth-order valence-corrected chi connectivity index (χ4v) is 3.50. The molecule has 4 nitrogen and oxygen atoms in total. The summed E-state index contributed by atoms with van der Waals surface area (Å²) in [5, 5.41) is 3.15. The van der Waals surface area contributed by atoms with Gasteiger partial charge < -0.3 is 15.8 Å². The highest BCUT2D eigenvalue weighted by Gasteiger charge is 2.38. The molecule has 1 fully saturated rings. The Bertz CT molecular complexity index is 490. The summed E-state index contributed by atoms with van der Waals surface area (Å²) in [7, 11) is 0. The van der Waals surface area contributed by atoms with Crippen molar-refractivity contribution >= 4 is 18.3 Å². The second-order valence-corrected chi connectivity index (χ2v) is 6.35. The number of amides is 1. The molecule has 1 aliphatic carbocycles. The molecule has 1 heterocycles. The minimum atomic E-state index is -0.413. The largest absolute Gasteiger partial charge is 0.381 e. The van der Waals surface area contributed by atoms with Crippen LogP contribution in [0.1, 0.15) is 24.0 Å². The van der Waals surface area contributed by atoms with Crippen LogP contribution in [0.25, 0.3) is 0 Å². The molecule has 0 bridgehead atoms. The van der Waals surface area contributed by atoms with Crippen molar-refractivity contribution in [1.82, 2.24) is 5.32 Å². The third kappa shape index (κ3) is 3.45. The van der Waals surface area contributed by atoms with E-state index in [1.165, 1.54) is 11.1 Å². The van der Waals surface area contributed by atoms with Crippen molar-refractivity contribution in [3.8, 4) is 0 Å². The Balaban J connectivity index is 0.00000176. The van der Waals surface area contributed by atoms with E-state index in [0.29, 0.717) is 25.7 Å². The third-order valence-corrected chi connectivity index (χ3v) is 5.01. The van der Waals surface area contributed by atoms with Crippen molar-refractivity contribution in [2.75, 3.05) is 26.3 Å². The molecule has 1 saturated heterocycles. The molecule has 3 N–H and O–H groups in total.